The van der Waals surface area contributed by atoms with Gasteiger partial charge in [0.2, 0.25) is 0 Å². The monoisotopic (exact) mass is 364 g/mol. The van der Waals surface area contributed by atoms with Gasteiger partial charge < -0.3 is 9.15 Å². The van der Waals surface area contributed by atoms with Crippen molar-refractivity contribution in [3.05, 3.63) is 69.1 Å². The highest BCUT2D eigenvalue weighted by molar-refractivity contribution is 5.86. The van der Waals surface area contributed by atoms with Crippen LogP contribution in [0.4, 0.5) is 0 Å². The molecule has 0 aliphatic carbocycles. The van der Waals surface area contributed by atoms with E-state index in [2.05, 4.69) is 15.1 Å². The van der Waals surface area contributed by atoms with Crippen LogP contribution in [-0.4, -0.2) is 25.6 Å². The first-order valence-electron chi connectivity index (χ1n) is 8.32. The number of aryl methyl sites for hydroxylation is 3. The van der Waals surface area contributed by atoms with Crippen molar-refractivity contribution >= 4 is 22.7 Å². The predicted molar refractivity (Wildman–Crippen MR) is 96.6 cm³/mol. The average molecular weight is 364 g/mol. The molecule has 0 atom stereocenters. The number of benzene rings is 1. The third kappa shape index (κ3) is 3.17. The van der Waals surface area contributed by atoms with Crippen LogP contribution in [0.3, 0.4) is 0 Å². The fraction of sp³-hybridized carbons (Fsp3) is 0.211. The van der Waals surface area contributed by atoms with Gasteiger partial charge in [-0.05, 0) is 38.5 Å². The summed E-state index contributed by atoms with van der Waals surface area (Å²) in [7, 11) is 0. The summed E-state index contributed by atoms with van der Waals surface area (Å²) in [4.78, 5) is 32.5. The first-order chi connectivity index (χ1) is 12.9. The third-order valence-electron chi connectivity index (χ3n) is 4.15. The van der Waals surface area contributed by atoms with Crippen molar-refractivity contribution in [2.75, 3.05) is 0 Å². The quantitative estimate of drug-likeness (QED) is 0.407. The summed E-state index contributed by atoms with van der Waals surface area (Å²) in [6.45, 7) is 5.50. The van der Waals surface area contributed by atoms with E-state index in [1.807, 2.05) is 39.0 Å². The van der Waals surface area contributed by atoms with E-state index < -0.39 is 11.6 Å². The van der Waals surface area contributed by atoms with Gasteiger partial charge >= 0.3 is 11.6 Å². The summed E-state index contributed by atoms with van der Waals surface area (Å²) in [6.07, 6.45) is 0. The molecule has 0 aliphatic rings. The second-order valence-electron chi connectivity index (χ2n) is 6.35. The van der Waals surface area contributed by atoms with E-state index in [1.54, 1.807) is 6.07 Å². The lowest BCUT2D eigenvalue weighted by Gasteiger charge is -2.06. The van der Waals surface area contributed by atoms with Gasteiger partial charge in [0.05, 0.1) is 0 Å². The Bertz CT molecular complexity index is 1260. The lowest BCUT2D eigenvalue weighted by atomic mass is 10.1. The number of carbonyl (C=O) groups is 1. The molecule has 0 spiro atoms. The summed E-state index contributed by atoms with van der Waals surface area (Å²) in [6, 6.07) is 8.65. The smallest absolute Gasteiger partial charge is 0.378 e. The van der Waals surface area contributed by atoms with Gasteiger partial charge in [-0.15, -0.1) is 5.10 Å². The van der Waals surface area contributed by atoms with Crippen LogP contribution in [0.25, 0.3) is 16.7 Å². The minimum absolute atomic E-state index is 0.0840. The van der Waals surface area contributed by atoms with Crippen LogP contribution in [0.15, 0.2) is 39.5 Å². The zero-order chi connectivity index (χ0) is 19.1. The zero-order valence-corrected chi connectivity index (χ0v) is 15.0. The molecule has 0 unspecified atom stereocenters. The minimum atomic E-state index is -0.689. The van der Waals surface area contributed by atoms with Crippen LogP contribution in [-0.2, 0) is 11.3 Å². The van der Waals surface area contributed by atoms with Gasteiger partial charge in [-0.2, -0.15) is 4.98 Å². The van der Waals surface area contributed by atoms with Crippen molar-refractivity contribution in [3.63, 3.8) is 0 Å². The van der Waals surface area contributed by atoms with Crippen LogP contribution < -0.4 is 5.63 Å². The van der Waals surface area contributed by atoms with E-state index in [9.17, 15) is 9.59 Å². The van der Waals surface area contributed by atoms with E-state index in [0.29, 0.717) is 22.3 Å². The van der Waals surface area contributed by atoms with Crippen molar-refractivity contribution < 1.29 is 13.9 Å². The van der Waals surface area contributed by atoms with Gasteiger partial charge in [0.1, 0.15) is 12.2 Å². The maximum absolute atomic E-state index is 12.4. The molecule has 0 bridgehead atoms. The molecule has 3 aromatic heterocycles. The number of hydrogen-bond donors (Lipinski definition) is 0. The zero-order valence-electron chi connectivity index (χ0n) is 15.0. The first-order valence-corrected chi connectivity index (χ1v) is 8.32. The van der Waals surface area contributed by atoms with Gasteiger partial charge in [0.15, 0.2) is 0 Å². The standard InChI is InChI=1S/C19H16N4O4/c1-10-4-5-14-13(8-16(24)27-15(14)6-10)9-26-18(25)17-21-19-20-11(2)7-12(3)23(19)22-17/h4-8H,9H2,1-3H3. The molecule has 27 heavy (non-hydrogen) atoms. The topological polar surface area (TPSA) is 99.6 Å². The van der Waals surface area contributed by atoms with E-state index in [1.165, 1.54) is 10.6 Å². The van der Waals surface area contributed by atoms with Crippen molar-refractivity contribution in [2.45, 2.75) is 27.4 Å². The highest BCUT2D eigenvalue weighted by Crippen LogP contribution is 2.19. The average Bonchev–Trinajstić information content (AvgIpc) is 3.03. The summed E-state index contributed by atoms with van der Waals surface area (Å²) in [5, 5.41) is 4.86. The molecule has 0 amide bonds. The van der Waals surface area contributed by atoms with Gasteiger partial charge in [0.25, 0.3) is 11.6 Å². The van der Waals surface area contributed by atoms with E-state index in [0.717, 1.165) is 17.0 Å². The van der Waals surface area contributed by atoms with Crippen molar-refractivity contribution in [1.29, 1.82) is 0 Å². The largest absolute Gasteiger partial charge is 0.455 e. The lowest BCUT2D eigenvalue weighted by Crippen LogP contribution is -2.09. The Kier molecular flexibility index (Phi) is 3.95. The van der Waals surface area contributed by atoms with Crippen molar-refractivity contribution in [2.24, 2.45) is 0 Å². The van der Waals surface area contributed by atoms with Crippen LogP contribution in [0.2, 0.25) is 0 Å². The molecule has 8 nitrogen and oxygen atoms in total. The maximum Gasteiger partial charge on any atom is 0.378 e. The van der Waals surface area contributed by atoms with E-state index in [-0.39, 0.29) is 12.4 Å². The summed E-state index contributed by atoms with van der Waals surface area (Å²) in [5.41, 5.74) is 3.07. The summed E-state index contributed by atoms with van der Waals surface area (Å²) in [5.74, 6) is -0.439. The number of ether oxygens (including phenoxy) is 1. The van der Waals surface area contributed by atoms with Crippen LogP contribution in [0.1, 0.15) is 33.1 Å². The highest BCUT2D eigenvalue weighted by atomic mass is 16.5. The van der Waals surface area contributed by atoms with Gasteiger partial charge in [-0.3, -0.25) is 0 Å². The predicted octanol–water partition coefficient (Wildman–Crippen LogP) is 2.51. The number of aromatic nitrogens is 4. The van der Waals surface area contributed by atoms with Crippen LogP contribution >= 0.6 is 0 Å². The normalized spacial score (nSPS) is 11.2. The SMILES string of the molecule is Cc1ccc2c(COC(=O)c3nc4nc(C)cc(C)n4n3)cc(=O)oc2c1. The summed E-state index contributed by atoms with van der Waals surface area (Å²) < 4.78 is 12.0. The Hall–Kier alpha value is -3.55. The molecule has 136 valence electrons. The molecule has 0 saturated carbocycles. The number of esters is 1. The highest BCUT2D eigenvalue weighted by Gasteiger charge is 2.17. The van der Waals surface area contributed by atoms with Crippen LogP contribution in [0, 0.1) is 20.8 Å². The second-order valence-corrected chi connectivity index (χ2v) is 6.35. The van der Waals surface area contributed by atoms with Crippen molar-refractivity contribution in [1.82, 2.24) is 19.6 Å². The molecule has 0 saturated heterocycles. The lowest BCUT2D eigenvalue weighted by molar-refractivity contribution is 0.0459. The molecular weight excluding hydrogens is 348 g/mol. The van der Waals surface area contributed by atoms with Gasteiger partial charge in [-0.1, -0.05) is 12.1 Å². The Balaban J connectivity index is 1.62. The molecule has 4 aromatic rings. The third-order valence-corrected chi connectivity index (χ3v) is 4.15. The Labute approximate surface area is 153 Å². The molecule has 1 aromatic carbocycles. The Morgan fingerprint density at radius 2 is 1.96 bits per heavy atom. The molecule has 4 rings (SSSR count). The Morgan fingerprint density at radius 1 is 1.15 bits per heavy atom. The fourth-order valence-corrected chi connectivity index (χ4v) is 2.92. The fourth-order valence-electron chi connectivity index (χ4n) is 2.92. The number of carbonyl (C=O) groups excluding carboxylic acids is 1. The van der Waals surface area contributed by atoms with E-state index >= 15 is 0 Å². The van der Waals surface area contributed by atoms with Gasteiger partial charge in [0, 0.05) is 28.4 Å². The number of hydrogen-bond acceptors (Lipinski definition) is 7. The van der Waals surface area contributed by atoms with Crippen molar-refractivity contribution in [3.8, 4) is 0 Å². The second kappa shape index (κ2) is 6.31. The molecule has 0 fully saturated rings. The molecule has 3 heterocycles. The first kappa shape index (κ1) is 16.9. The van der Waals surface area contributed by atoms with E-state index in [4.69, 9.17) is 9.15 Å². The minimum Gasteiger partial charge on any atom is -0.455 e. The summed E-state index contributed by atoms with van der Waals surface area (Å²) >= 11 is 0. The maximum atomic E-state index is 12.4. The molecular formula is C19H16N4O4. The number of rotatable bonds is 3. The molecule has 8 heteroatoms. The number of fused-ring (bicyclic) bond motifs is 2. The molecule has 0 N–H and O–H groups in total. The molecule has 0 aliphatic heterocycles. The van der Waals surface area contributed by atoms with Crippen LogP contribution in [0.5, 0.6) is 0 Å². The number of nitrogens with zero attached hydrogens (tertiary/aromatic N) is 4. The molecule has 0 radical (unpaired) electrons. The van der Waals surface area contributed by atoms with Gasteiger partial charge in [-0.25, -0.2) is 19.1 Å². The Morgan fingerprint density at radius 3 is 2.78 bits per heavy atom.